The minimum atomic E-state index is -0.0260. The van der Waals surface area contributed by atoms with Crippen LogP contribution in [-0.4, -0.2) is 37.1 Å². The molecule has 18 heavy (non-hydrogen) atoms. The van der Waals surface area contributed by atoms with E-state index in [4.69, 9.17) is 9.15 Å². The van der Waals surface area contributed by atoms with Crippen molar-refractivity contribution in [2.45, 2.75) is 19.8 Å². The van der Waals surface area contributed by atoms with Crippen LogP contribution in [0, 0.1) is 5.92 Å². The van der Waals surface area contributed by atoms with Gasteiger partial charge in [-0.3, -0.25) is 4.79 Å². The van der Waals surface area contributed by atoms with E-state index in [-0.39, 0.29) is 5.91 Å². The van der Waals surface area contributed by atoms with Gasteiger partial charge >= 0.3 is 0 Å². The number of amides is 1. The molecular weight excluding hydrogens is 298 g/mol. The van der Waals surface area contributed by atoms with E-state index in [9.17, 15) is 4.79 Å². The number of piperidine rings is 1. The maximum atomic E-state index is 12.2. The minimum Gasteiger partial charge on any atom is -0.444 e. The van der Waals surface area contributed by atoms with E-state index in [1.165, 1.54) is 0 Å². The van der Waals surface area contributed by atoms with Crippen LogP contribution < -0.4 is 0 Å². The molecule has 0 spiro atoms. The molecule has 1 atom stereocenters. The molecule has 1 saturated heterocycles. The van der Waals surface area contributed by atoms with Crippen molar-refractivity contribution in [2.75, 3.05) is 26.3 Å². The predicted octanol–water partition coefficient (Wildman–Crippen LogP) is 2.93. The molecule has 1 fully saturated rings. The van der Waals surface area contributed by atoms with Gasteiger partial charge in [-0.25, -0.2) is 0 Å². The first-order chi connectivity index (χ1) is 8.70. The zero-order valence-electron chi connectivity index (χ0n) is 10.5. The number of likely N-dealkylation sites (tertiary alicyclic amines) is 1. The van der Waals surface area contributed by atoms with Gasteiger partial charge in [0.05, 0.1) is 6.61 Å². The Balaban J connectivity index is 1.94. The summed E-state index contributed by atoms with van der Waals surface area (Å²) >= 11 is 3.21. The van der Waals surface area contributed by atoms with Crippen LogP contribution in [-0.2, 0) is 4.74 Å². The summed E-state index contributed by atoms with van der Waals surface area (Å²) in [6.07, 6.45) is 2.16. The molecule has 0 aliphatic carbocycles. The van der Waals surface area contributed by atoms with E-state index < -0.39 is 0 Å². The van der Waals surface area contributed by atoms with E-state index in [0.717, 1.165) is 39.1 Å². The quantitative estimate of drug-likeness (QED) is 0.858. The Kier molecular flexibility index (Phi) is 4.83. The molecule has 0 bridgehead atoms. The summed E-state index contributed by atoms with van der Waals surface area (Å²) in [5, 5.41) is 0. The number of rotatable bonds is 4. The van der Waals surface area contributed by atoms with Gasteiger partial charge in [0.1, 0.15) is 0 Å². The van der Waals surface area contributed by atoms with Gasteiger partial charge in [-0.05, 0) is 53.7 Å². The first-order valence-corrected chi connectivity index (χ1v) is 7.12. The van der Waals surface area contributed by atoms with E-state index >= 15 is 0 Å². The monoisotopic (exact) mass is 315 g/mol. The van der Waals surface area contributed by atoms with Crippen molar-refractivity contribution in [3.8, 4) is 0 Å². The number of hydrogen-bond acceptors (Lipinski definition) is 3. The summed E-state index contributed by atoms with van der Waals surface area (Å²) < 4.78 is 11.3. The van der Waals surface area contributed by atoms with E-state index in [1.807, 2.05) is 11.8 Å². The molecule has 0 radical (unpaired) electrons. The number of nitrogens with zero attached hydrogens (tertiary/aromatic N) is 1. The summed E-state index contributed by atoms with van der Waals surface area (Å²) in [4.78, 5) is 14.1. The van der Waals surface area contributed by atoms with Gasteiger partial charge in [-0.1, -0.05) is 0 Å². The smallest absolute Gasteiger partial charge is 0.289 e. The van der Waals surface area contributed by atoms with Crippen molar-refractivity contribution >= 4 is 21.8 Å². The topological polar surface area (TPSA) is 42.7 Å². The summed E-state index contributed by atoms with van der Waals surface area (Å²) in [5.74, 6) is 0.821. The first-order valence-electron chi connectivity index (χ1n) is 6.33. The largest absolute Gasteiger partial charge is 0.444 e. The molecule has 2 heterocycles. The standard InChI is InChI=1S/C13H18BrNO3/c1-2-17-9-10-4-3-7-15(8-10)13(16)11-5-6-12(14)18-11/h5-6,10H,2-4,7-9H2,1H3. The summed E-state index contributed by atoms with van der Waals surface area (Å²) in [5.41, 5.74) is 0. The molecule has 0 N–H and O–H groups in total. The van der Waals surface area contributed by atoms with E-state index in [0.29, 0.717) is 16.3 Å². The highest BCUT2D eigenvalue weighted by Crippen LogP contribution is 2.21. The highest BCUT2D eigenvalue weighted by molar-refractivity contribution is 9.10. The lowest BCUT2D eigenvalue weighted by atomic mass is 9.99. The van der Waals surface area contributed by atoms with Crippen molar-refractivity contribution in [2.24, 2.45) is 5.92 Å². The van der Waals surface area contributed by atoms with E-state index in [1.54, 1.807) is 12.1 Å². The fraction of sp³-hybridized carbons (Fsp3) is 0.615. The third-order valence-corrected chi connectivity index (χ3v) is 3.57. The minimum absolute atomic E-state index is 0.0260. The Labute approximate surface area is 115 Å². The van der Waals surface area contributed by atoms with Gasteiger partial charge in [0.2, 0.25) is 0 Å². The van der Waals surface area contributed by atoms with Gasteiger partial charge in [0.15, 0.2) is 10.4 Å². The van der Waals surface area contributed by atoms with Crippen LogP contribution in [0.15, 0.2) is 21.2 Å². The Bertz CT molecular complexity index is 405. The van der Waals surface area contributed by atoms with Crippen LogP contribution in [0.4, 0.5) is 0 Å². The average Bonchev–Trinajstić information content (AvgIpc) is 2.82. The first kappa shape index (κ1) is 13.6. The van der Waals surface area contributed by atoms with Crippen molar-refractivity contribution in [3.63, 3.8) is 0 Å². The molecule has 0 aromatic carbocycles. The Morgan fingerprint density at radius 2 is 2.44 bits per heavy atom. The van der Waals surface area contributed by atoms with E-state index in [2.05, 4.69) is 15.9 Å². The van der Waals surface area contributed by atoms with Gasteiger partial charge in [-0.2, -0.15) is 0 Å². The summed E-state index contributed by atoms with van der Waals surface area (Å²) in [6, 6.07) is 3.45. The van der Waals surface area contributed by atoms with Gasteiger partial charge < -0.3 is 14.1 Å². The zero-order valence-corrected chi connectivity index (χ0v) is 12.1. The predicted molar refractivity (Wildman–Crippen MR) is 71.5 cm³/mol. The van der Waals surface area contributed by atoms with Crippen LogP contribution in [0.5, 0.6) is 0 Å². The Morgan fingerprint density at radius 1 is 1.61 bits per heavy atom. The number of furan rings is 1. The molecule has 4 nitrogen and oxygen atoms in total. The number of ether oxygens (including phenoxy) is 1. The highest BCUT2D eigenvalue weighted by atomic mass is 79.9. The van der Waals surface area contributed by atoms with Gasteiger partial charge in [0.25, 0.3) is 5.91 Å². The summed E-state index contributed by atoms with van der Waals surface area (Å²) in [6.45, 7) is 5.03. The number of carbonyl (C=O) groups is 1. The Morgan fingerprint density at radius 3 is 3.11 bits per heavy atom. The fourth-order valence-corrected chi connectivity index (χ4v) is 2.56. The molecule has 2 rings (SSSR count). The molecule has 5 heteroatoms. The maximum Gasteiger partial charge on any atom is 0.289 e. The normalized spacial score (nSPS) is 20.1. The highest BCUT2D eigenvalue weighted by Gasteiger charge is 2.26. The van der Waals surface area contributed by atoms with Crippen molar-refractivity contribution in [1.82, 2.24) is 4.90 Å². The van der Waals surface area contributed by atoms with Crippen molar-refractivity contribution in [1.29, 1.82) is 0 Å². The second kappa shape index (κ2) is 6.38. The molecule has 1 aliphatic heterocycles. The van der Waals surface area contributed by atoms with Crippen molar-refractivity contribution < 1.29 is 13.9 Å². The molecular formula is C13H18BrNO3. The molecule has 1 aromatic rings. The van der Waals surface area contributed by atoms with Crippen LogP contribution in [0.1, 0.15) is 30.3 Å². The molecule has 1 aliphatic rings. The van der Waals surface area contributed by atoms with Crippen LogP contribution >= 0.6 is 15.9 Å². The van der Waals surface area contributed by atoms with Crippen LogP contribution in [0.3, 0.4) is 0 Å². The molecule has 1 unspecified atom stereocenters. The zero-order chi connectivity index (χ0) is 13.0. The maximum absolute atomic E-state index is 12.2. The SMILES string of the molecule is CCOCC1CCCN(C(=O)c2ccc(Br)o2)C1. The number of hydrogen-bond donors (Lipinski definition) is 0. The second-order valence-electron chi connectivity index (χ2n) is 4.52. The molecule has 1 aromatic heterocycles. The number of halogens is 1. The second-order valence-corrected chi connectivity index (χ2v) is 5.30. The lowest BCUT2D eigenvalue weighted by Crippen LogP contribution is -2.41. The molecule has 1 amide bonds. The third-order valence-electron chi connectivity index (χ3n) is 3.15. The third kappa shape index (κ3) is 3.36. The van der Waals surface area contributed by atoms with Crippen LogP contribution in [0.25, 0.3) is 0 Å². The Hall–Kier alpha value is -0.810. The van der Waals surface area contributed by atoms with Gasteiger partial charge in [-0.15, -0.1) is 0 Å². The van der Waals surface area contributed by atoms with Crippen LogP contribution in [0.2, 0.25) is 0 Å². The molecule has 0 saturated carbocycles. The summed E-state index contributed by atoms with van der Waals surface area (Å²) in [7, 11) is 0. The fourth-order valence-electron chi connectivity index (χ4n) is 2.26. The van der Waals surface area contributed by atoms with Crippen molar-refractivity contribution in [3.05, 3.63) is 22.6 Å². The number of carbonyl (C=O) groups excluding carboxylic acids is 1. The van der Waals surface area contributed by atoms with Gasteiger partial charge in [0, 0.05) is 19.7 Å². The lowest BCUT2D eigenvalue weighted by Gasteiger charge is -2.32. The molecule has 100 valence electrons. The average molecular weight is 316 g/mol. The lowest BCUT2D eigenvalue weighted by molar-refractivity contribution is 0.0477.